The second kappa shape index (κ2) is 10.7. The van der Waals surface area contributed by atoms with Crippen LogP contribution in [0.5, 0.6) is 5.75 Å². The third-order valence-corrected chi connectivity index (χ3v) is 5.58. The number of ether oxygens (including phenoxy) is 2. The molecule has 0 fully saturated rings. The molecule has 0 bridgehead atoms. The molecule has 2 aromatic carbocycles. The monoisotopic (exact) mass is 466 g/mol. The Morgan fingerprint density at radius 1 is 1.06 bits per heavy atom. The fourth-order valence-electron chi connectivity index (χ4n) is 3.98. The number of aromatic hydroxyl groups is 1. The zero-order valence-corrected chi connectivity index (χ0v) is 19.2. The molecular weight excluding hydrogens is 440 g/mol. The number of carbonyl (C=O) groups excluding carboxylic acids is 2. The van der Waals surface area contributed by atoms with E-state index >= 15 is 0 Å². The van der Waals surface area contributed by atoms with Gasteiger partial charge in [0.05, 0.1) is 35.7 Å². The van der Waals surface area contributed by atoms with E-state index in [-0.39, 0.29) is 29.2 Å². The maximum absolute atomic E-state index is 13.2. The molecule has 2 N–H and O–H groups in total. The number of phenols is 1. The number of hydrogen-bond donors (Lipinski definition) is 2. The van der Waals surface area contributed by atoms with E-state index in [1.54, 1.807) is 44.2 Å². The predicted octanol–water partition coefficient (Wildman–Crippen LogP) is 3.88. The summed E-state index contributed by atoms with van der Waals surface area (Å²) in [4.78, 5) is 36.6. The Morgan fingerprint density at radius 3 is 2.32 bits per heavy atom. The van der Waals surface area contributed by atoms with Crippen LogP contribution in [-0.4, -0.2) is 35.7 Å². The third kappa shape index (κ3) is 5.43. The van der Waals surface area contributed by atoms with Crippen molar-refractivity contribution in [3.8, 4) is 5.75 Å². The number of nitrogens with zero attached hydrogens (tertiary/aromatic N) is 1. The molecule has 9 heteroatoms. The average molecular weight is 466 g/mol. The lowest BCUT2D eigenvalue weighted by Gasteiger charge is -2.30. The molecule has 0 spiro atoms. The minimum Gasteiger partial charge on any atom is -0.508 e. The minimum absolute atomic E-state index is 0.133. The summed E-state index contributed by atoms with van der Waals surface area (Å²) >= 11 is 0. The van der Waals surface area contributed by atoms with E-state index in [0.717, 1.165) is 5.56 Å². The average Bonchev–Trinajstić information content (AvgIpc) is 2.82. The summed E-state index contributed by atoms with van der Waals surface area (Å²) in [5, 5.41) is 23.7. The smallest absolute Gasteiger partial charge is 0.336 e. The summed E-state index contributed by atoms with van der Waals surface area (Å²) in [7, 11) is 1.24. The molecule has 178 valence electrons. The highest BCUT2D eigenvalue weighted by molar-refractivity contribution is 5.99. The number of esters is 2. The van der Waals surface area contributed by atoms with Gasteiger partial charge in [0.25, 0.3) is 5.69 Å². The molecule has 1 aliphatic heterocycles. The molecule has 1 unspecified atom stereocenters. The van der Waals surface area contributed by atoms with Crippen LogP contribution in [0.15, 0.2) is 71.1 Å². The number of nitrogens with one attached hydrogen (secondary N) is 1. The first kappa shape index (κ1) is 24.5. The number of allylic oxidation sites excluding steroid dienone is 2. The van der Waals surface area contributed by atoms with Gasteiger partial charge in [0.15, 0.2) is 0 Å². The first-order chi connectivity index (χ1) is 16.2. The molecule has 0 amide bonds. The van der Waals surface area contributed by atoms with Gasteiger partial charge < -0.3 is 19.9 Å². The minimum atomic E-state index is -0.891. The Hall–Kier alpha value is -4.14. The number of hydrogen-bond acceptors (Lipinski definition) is 8. The number of rotatable bonds is 8. The van der Waals surface area contributed by atoms with Gasteiger partial charge in [-0.3, -0.25) is 10.1 Å². The molecule has 0 aromatic heterocycles. The molecule has 0 radical (unpaired) electrons. The molecule has 34 heavy (non-hydrogen) atoms. The van der Waals surface area contributed by atoms with Crippen LogP contribution in [0.1, 0.15) is 37.3 Å². The summed E-state index contributed by atoms with van der Waals surface area (Å²) in [5.74, 6) is -1.98. The van der Waals surface area contributed by atoms with Crippen molar-refractivity contribution < 1.29 is 29.1 Å². The van der Waals surface area contributed by atoms with Gasteiger partial charge >= 0.3 is 11.9 Å². The van der Waals surface area contributed by atoms with Crippen LogP contribution >= 0.6 is 0 Å². The van der Waals surface area contributed by atoms with E-state index in [2.05, 4.69) is 5.32 Å². The van der Waals surface area contributed by atoms with Crippen LogP contribution in [0.25, 0.3) is 0 Å². The van der Waals surface area contributed by atoms with Gasteiger partial charge in [-0.2, -0.15) is 0 Å². The van der Waals surface area contributed by atoms with E-state index in [1.807, 2.05) is 0 Å². The van der Waals surface area contributed by atoms with Crippen molar-refractivity contribution in [2.24, 2.45) is 0 Å². The number of benzene rings is 2. The number of dihydropyridines is 1. The first-order valence-corrected chi connectivity index (χ1v) is 10.7. The molecule has 0 aliphatic carbocycles. The topological polar surface area (TPSA) is 128 Å². The van der Waals surface area contributed by atoms with E-state index < -0.39 is 22.8 Å². The molecule has 0 saturated heterocycles. The number of methoxy groups -OCH3 is 1. The number of aryl methyl sites for hydroxylation is 1. The predicted molar refractivity (Wildman–Crippen MR) is 124 cm³/mol. The largest absolute Gasteiger partial charge is 0.508 e. The second-order valence-electron chi connectivity index (χ2n) is 7.88. The Morgan fingerprint density at radius 2 is 1.71 bits per heavy atom. The van der Waals surface area contributed by atoms with Crippen molar-refractivity contribution in [1.29, 1.82) is 0 Å². The molecule has 2 aromatic rings. The van der Waals surface area contributed by atoms with E-state index in [0.29, 0.717) is 29.8 Å². The number of nitro benzene ring substituents is 1. The van der Waals surface area contributed by atoms with Crippen molar-refractivity contribution in [3.05, 3.63) is 92.3 Å². The van der Waals surface area contributed by atoms with Crippen molar-refractivity contribution in [2.75, 3.05) is 13.7 Å². The number of non-ortho nitro benzene ring substituents is 1. The van der Waals surface area contributed by atoms with Gasteiger partial charge in [0.1, 0.15) is 5.75 Å². The van der Waals surface area contributed by atoms with Crippen LogP contribution < -0.4 is 5.32 Å². The Kier molecular flexibility index (Phi) is 7.68. The number of phenolic OH excluding ortho intramolecular Hbond substituents is 1. The summed E-state index contributed by atoms with van der Waals surface area (Å²) in [6, 6.07) is 12.6. The van der Waals surface area contributed by atoms with Crippen LogP contribution in [-0.2, 0) is 25.5 Å². The lowest BCUT2D eigenvalue weighted by Crippen LogP contribution is -2.32. The molecule has 3 rings (SSSR count). The first-order valence-electron chi connectivity index (χ1n) is 10.7. The maximum atomic E-state index is 13.2. The zero-order chi connectivity index (χ0) is 24.8. The van der Waals surface area contributed by atoms with Gasteiger partial charge in [-0.25, -0.2) is 9.59 Å². The fourth-order valence-corrected chi connectivity index (χ4v) is 3.98. The van der Waals surface area contributed by atoms with Crippen LogP contribution in [0.2, 0.25) is 0 Å². The Bertz CT molecular complexity index is 1170. The molecule has 0 saturated carbocycles. The van der Waals surface area contributed by atoms with Gasteiger partial charge in [-0.05, 0) is 49.9 Å². The fraction of sp³-hybridized carbons (Fsp3) is 0.280. The molecule has 9 nitrogen and oxygen atoms in total. The van der Waals surface area contributed by atoms with Crippen molar-refractivity contribution in [1.82, 2.24) is 5.32 Å². The van der Waals surface area contributed by atoms with E-state index in [4.69, 9.17) is 9.47 Å². The molecule has 1 atom stereocenters. The van der Waals surface area contributed by atoms with Gasteiger partial charge in [0.2, 0.25) is 0 Å². The lowest BCUT2D eigenvalue weighted by atomic mass is 9.80. The Labute approximate surface area is 196 Å². The standard InChI is InChI=1S/C25H26N2O7/c1-15-21(24(29)33-3)23(18-7-4-8-19(14-18)27(31)32)22(16(2)26-15)25(30)34-13-5-6-17-9-11-20(28)12-10-17/h4,7-12,14,23,26,28H,5-6,13H2,1-3H3. The third-order valence-electron chi connectivity index (χ3n) is 5.58. The highest BCUT2D eigenvalue weighted by Gasteiger charge is 2.38. The summed E-state index contributed by atoms with van der Waals surface area (Å²) in [6.45, 7) is 3.50. The van der Waals surface area contributed by atoms with Crippen molar-refractivity contribution in [2.45, 2.75) is 32.6 Å². The van der Waals surface area contributed by atoms with E-state index in [9.17, 15) is 24.8 Å². The van der Waals surface area contributed by atoms with Gasteiger partial charge in [0, 0.05) is 23.5 Å². The summed E-state index contributed by atoms with van der Waals surface area (Å²) < 4.78 is 10.5. The highest BCUT2D eigenvalue weighted by Crippen LogP contribution is 2.40. The van der Waals surface area contributed by atoms with Gasteiger partial charge in [-0.15, -0.1) is 0 Å². The van der Waals surface area contributed by atoms with Gasteiger partial charge in [-0.1, -0.05) is 24.3 Å². The number of carbonyl (C=O) groups is 2. The maximum Gasteiger partial charge on any atom is 0.336 e. The molecule has 1 aliphatic rings. The number of nitro groups is 1. The molecular formula is C25H26N2O7. The van der Waals surface area contributed by atoms with Crippen LogP contribution in [0.4, 0.5) is 5.69 Å². The second-order valence-corrected chi connectivity index (χ2v) is 7.88. The summed E-state index contributed by atoms with van der Waals surface area (Å²) in [5.41, 5.74) is 2.60. The SMILES string of the molecule is COC(=O)C1=C(C)NC(C)=C(C(=O)OCCCc2ccc(O)cc2)C1c1cccc([N+](=O)[O-])c1. The summed E-state index contributed by atoms with van der Waals surface area (Å²) in [6.07, 6.45) is 1.20. The molecule has 1 heterocycles. The Balaban J connectivity index is 1.86. The zero-order valence-electron chi connectivity index (χ0n) is 19.2. The normalized spacial score (nSPS) is 15.6. The lowest BCUT2D eigenvalue weighted by molar-refractivity contribution is -0.384. The van der Waals surface area contributed by atoms with Crippen molar-refractivity contribution in [3.63, 3.8) is 0 Å². The van der Waals surface area contributed by atoms with Crippen molar-refractivity contribution >= 4 is 17.6 Å². The van der Waals surface area contributed by atoms with Crippen LogP contribution in [0, 0.1) is 10.1 Å². The quantitative estimate of drug-likeness (QED) is 0.260. The van der Waals surface area contributed by atoms with Crippen LogP contribution in [0.3, 0.4) is 0 Å². The highest BCUT2D eigenvalue weighted by atomic mass is 16.6. The van der Waals surface area contributed by atoms with E-state index in [1.165, 1.54) is 25.3 Å².